The molecule has 0 saturated carbocycles. The molecule has 0 spiro atoms. The summed E-state index contributed by atoms with van der Waals surface area (Å²) in [5.41, 5.74) is 2.90. The van der Waals surface area contributed by atoms with Crippen molar-refractivity contribution in [2.24, 2.45) is 0 Å². The summed E-state index contributed by atoms with van der Waals surface area (Å²) in [5, 5.41) is 12.5. The Labute approximate surface area is 183 Å². The fourth-order valence-electron chi connectivity index (χ4n) is 3.55. The summed E-state index contributed by atoms with van der Waals surface area (Å²) in [4.78, 5) is 7.64. The fourth-order valence-corrected chi connectivity index (χ4v) is 4.90. The molecular formula is C23H16ClN3O3S. The van der Waals surface area contributed by atoms with Crippen LogP contribution in [0.3, 0.4) is 0 Å². The van der Waals surface area contributed by atoms with Gasteiger partial charge in [-0.15, -0.1) is 0 Å². The van der Waals surface area contributed by atoms with Crippen LogP contribution in [-0.2, 0) is 10.0 Å². The Bertz CT molecular complexity index is 1560. The third-order valence-electron chi connectivity index (χ3n) is 4.99. The van der Waals surface area contributed by atoms with E-state index in [1.165, 1.54) is 12.1 Å². The zero-order valence-electron chi connectivity index (χ0n) is 16.0. The largest absolute Gasteiger partial charge is 0.494 e. The molecule has 2 heterocycles. The van der Waals surface area contributed by atoms with Crippen molar-refractivity contribution in [2.45, 2.75) is 4.90 Å². The van der Waals surface area contributed by atoms with Crippen molar-refractivity contribution in [1.82, 2.24) is 9.97 Å². The number of anilines is 1. The lowest BCUT2D eigenvalue weighted by Gasteiger charge is -2.09. The highest BCUT2D eigenvalue weighted by Crippen LogP contribution is 2.37. The van der Waals surface area contributed by atoms with E-state index in [1.54, 1.807) is 30.3 Å². The molecule has 0 saturated heterocycles. The molecule has 2 aromatic heterocycles. The Morgan fingerprint density at radius 1 is 0.935 bits per heavy atom. The summed E-state index contributed by atoms with van der Waals surface area (Å²) in [6.07, 6.45) is 0. The lowest BCUT2D eigenvalue weighted by atomic mass is 10.1. The van der Waals surface area contributed by atoms with Crippen LogP contribution in [0.4, 0.5) is 5.69 Å². The molecule has 154 valence electrons. The number of aromatic hydroxyl groups is 1. The number of hydrogen-bond acceptors (Lipinski definition) is 4. The Balaban J connectivity index is 1.60. The van der Waals surface area contributed by atoms with E-state index in [-0.39, 0.29) is 10.8 Å². The molecule has 0 atom stereocenters. The van der Waals surface area contributed by atoms with Gasteiger partial charge >= 0.3 is 0 Å². The number of nitrogens with zero attached hydrogens (tertiary/aromatic N) is 1. The highest BCUT2D eigenvalue weighted by Gasteiger charge is 2.18. The molecule has 8 heteroatoms. The molecule has 0 aliphatic carbocycles. The van der Waals surface area contributed by atoms with Crippen molar-refractivity contribution in [1.29, 1.82) is 0 Å². The average Bonchev–Trinajstić information content (AvgIpc) is 3.08. The number of hydrogen-bond donors (Lipinski definition) is 3. The Morgan fingerprint density at radius 3 is 2.61 bits per heavy atom. The minimum absolute atomic E-state index is 0.0346. The number of aromatic amines is 1. The normalized spacial score (nSPS) is 11.8. The number of rotatable bonds is 4. The monoisotopic (exact) mass is 449 g/mol. The predicted molar refractivity (Wildman–Crippen MR) is 123 cm³/mol. The molecule has 5 rings (SSSR count). The second-order valence-corrected chi connectivity index (χ2v) is 9.18. The van der Waals surface area contributed by atoms with Gasteiger partial charge in [0.1, 0.15) is 0 Å². The summed E-state index contributed by atoms with van der Waals surface area (Å²) >= 11 is 5.93. The predicted octanol–water partition coefficient (Wildman–Crippen LogP) is 5.54. The highest BCUT2D eigenvalue weighted by molar-refractivity contribution is 7.92. The quantitative estimate of drug-likeness (QED) is 0.335. The number of H-pyrrole nitrogens is 1. The maximum atomic E-state index is 12.8. The second kappa shape index (κ2) is 7.30. The van der Waals surface area contributed by atoms with Gasteiger partial charge in [0, 0.05) is 27.0 Å². The number of sulfonamides is 1. The van der Waals surface area contributed by atoms with Crippen molar-refractivity contribution in [3.8, 4) is 17.1 Å². The third kappa shape index (κ3) is 3.58. The van der Waals surface area contributed by atoms with Gasteiger partial charge in [-0.2, -0.15) is 0 Å². The molecule has 0 radical (unpaired) electrons. The fraction of sp³-hybridized carbons (Fsp3) is 0. The first-order valence-electron chi connectivity index (χ1n) is 9.40. The first kappa shape index (κ1) is 19.4. The topological polar surface area (TPSA) is 95.1 Å². The van der Waals surface area contributed by atoms with Crippen LogP contribution in [0.2, 0.25) is 5.02 Å². The number of pyridine rings is 1. The smallest absolute Gasteiger partial charge is 0.261 e. The van der Waals surface area contributed by atoms with E-state index in [1.807, 2.05) is 36.4 Å². The van der Waals surface area contributed by atoms with Crippen molar-refractivity contribution >= 4 is 49.1 Å². The van der Waals surface area contributed by atoms with E-state index in [0.29, 0.717) is 32.9 Å². The molecule has 0 unspecified atom stereocenters. The zero-order chi connectivity index (χ0) is 21.6. The molecule has 31 heavy (non-hydrogen) atoms. The van der Waals surface area contributed by atoms with Gasteiger partial charge in [0.05, 0.1) is 21.7 Å². The van der Waals surface area contributed by atoms with Gasteiger partial charge in [-0.1, -0.05) is 41.9 Å². The van der Waals surface area contributed by atoms with Gasteiger partial charge in [0.15, 0.2) is 5.88 Å². The van der Waals surface area contributed by atoms with E-state index < -0.39 is 10.0 Å². The first-order valence-corrected chi connectivity index (χ1v) is 11.3. The Hall–Kier alpha value is -3.55. The van der Waals surface area contributed by atoms with Crippen molar-refractivity contribution in [3.63, 3.8) is 0 Å². The van der Waals surface area contributed by atoms with Crippen LogP contribution >= 0.6 is 11.6 Å². The number of benzene rings is 3. The standard InChI is InChI=1S/C23H16ClN3O3S/c24-15-5-3-6-17(12-15)31(29,30)27-16-9-11-20-18(13-16)22(23(28)26-20)21-10-8-14-4-1-2-7-19(14)25-21/h1-13,26-28H. The number of aromatic nitrogens is 2. The average molecular weight is 450 g/mol. The summed E-state index contributed by atoms with van der Waals surface area (Å²) in [6, 6.07) is 22.5. The number of fused-ring (bicyclic) bond motifs is 2. The molecule has 6 nitrogen and oxygen atoms in total. The summed E-state index contributed by atoms with van der Waals surface area (Å²) in [5.74, 6) is -0.0346. The van der Waals surface area contributed by atoms with E-state index in [2.05, 4.69) is 14.7 Å². The lowest BCUT2D eigenvalue weighted by Crippen LogP contribution is -2.12. The maximum Gasteiger partial charge on any atom is 0.261 e. The first-order chi connectivity index (χ1) is 14.9. The highest BCUT2D eigenvalue weighted by atomic mass is 35.5. The van der Waals surface area contributed by atoms with Crippen molar-refractivity contribution in [2.75, 3.05) is 4.72 Å². The van der Waals surface area contributed by atoms with Crippen LogP contribution < -0.4 is 4.72 Å². The molecule has 3 N–H and O–H groups in total. The van der Waals surface area contributed by atoms with Crippen molar-refractivity contribution in [3.05, 3.63) is 83.9 Å². The van der Waals surface area contributed by atoms with Crippen LogP contribution in [0.15, 0.2) is 83.8 Å². The molecular weight excluding hydrogens is 434 g/mol. The lowest BCUT2D eigenvalue weighted by molar-refractivity contribution is 0.460. The van der Waals surface area contributed by atoms with Gasteiger partial charge in [-0.05, 0) is 48.5 Å². The van der Waals surface area contributed by atoms with Crippen LogP contribution in [-0.4, -0.2) is 23.5 Å². The van der Waals surface area contributed by atoms with Gasteiger partial charge in [-0.3, -0.25) is 4.72 Å². The van der Waals surface area contributed by atoms with Gasteiger partial charge < -0.3 is 10.1 Å². The van der Waals surface area contributed by atoms with Crippen LogP contribution in [0, 0.1) is 0 Å². The molecule has 3 aromatic carbocycles. The van der Waals surface area contributed by atoms with E-state index in [9.17, 15) is 13.5 Å². The molecule has 0 bridgehead atoms. The van der Waals surface area contributed by atoms with Gasteiger partial charge in [-0.25, -0.2) is 13.4 Å². The molecule has 0 aliphatic heterocycles. The molecule has 0 aliphatic rings. The van der Waals surface area contributed by atoms with Gasteiger partial charge in [0.25, 0.3) is 10.0 Å². The second-order valence-electron chi connectivity index (χ2n) is 7.06. The SMILES string of the molecule is O=S(=O)(Nc1ccc2[nH]c(O)c(-c3ccc4ccccc4n3)c2c1)c1cccc(Cl)c1. The minimum atomic E-state index is -3.83. The number of nitrogens with one attached hydrogen (secondary N) is 2. The zero-order valence-corrected chi connectivity index (χ0v) is 17.6. The number of halogens is 1. The summed E-state index contributed by atoms with van der Waals surface area (Å²) < 4.78 is 28.1. The van der Waals surface area contributed by atoms with Crippen LogP contribution in [0.5, 0.6) is 5.88 Å². The minimum Gasteiger partial charge on any atom is -0.494 e. The van der Waals surface area contributed by atoms with Crippen molar-refractivity contribution < 1.29 is 13.5 Å². The van der Waals surface area contributed by atoms with Crippen LogP contribution in [0.25, 0.3) is 33.1 Å². The van der Waals surface area contributed by atoms with E-state index in [4.69, 9.17) is 11.6 Å². The Kier molecular flexibility index (Phi) is 4.57. The molecule has 0 fully saturated rings. The Morgan fingerprint density at radius 2 is 1.77 bits per heavy atom. The molecule has 0 amide bonds. The van der Waals surface area contributed by atoms with Gasteiger partial charge in [0.2, 0.25) is 0 Å². The third-order valence-corrected chi connectivity index (χ3v) is 6.61. The number of para-hydroxylation sites is 1. The van der Waals surface area contributed by atoms with E-state index >= 15 is 0 Å². The van der Waals surface area contributed by atoms with Crippen LogP contribution in [0.1, 0.15) is 0 Å². The summed E-state index contributed by atoms with van der Waals surface area (Å²) in [6.45, 7) is 0. The summed E-state index contributed by atoms with van der Waals surface area (Å²) in [7, 11) is -3.83. The molecule has 5 aromatic rings. The maximum absolute atomic E-state index is 12.8. The van der Waals surface area contributed by atoms with E-state index in [0.717, 1.165) is 10.9 Å².